The highest BCUT2D eigenvalue weighted by molar-refractivity contribution is 7.92. The van der Waals surface area contributed by atoms with Gasteiger partial charge in [-0.25, -0.2) is 13.2 Å². The topological polar surface area (TPSA) is 122 Å². The SMILES string of the molecule is COC(=O)c1ccc(NC(=O)c2ccc(NS(C)(=O)=O)cc2)cc1O. The lowest BCUT2D eigenvalue weighted by molar-refractivity contribution is 0.0597. The molecule has 0 heterocycles. The second-order valence-corrected chi connectivity index (χ2v) is 6.88. The van der Waals surface area contributed by atoms with E-state index in [9.17, 15) is 23.1 Å². The summed E-state index contributed by atoms with van der Waals surface area (Å²) < 4.78 is 29.1. The van der Waals surface area contributed by atoms with Crippen LogP contribution in [-0.4, -0.2) is 38.8 Å². The second-order valence-electron chi connectivity index (χ2n) is 5.13. The molecule has 0 spiro atoms. The van der Waals surface area contributed by atoms with Gasteiger partial charge in [-0.3, -0.25) is 9.52 Å². The minimum Gasteiger partial charge on any atom is -0.507 e. The van der Waals surface area contributed by atoms with Crippen molar-refractivity contribution in [2.75, 3.05) is 23.4 Å². The van der Waals surface area contributed by atoms with Gasteiger partial charge in [-0.1, -0.05) is 0 Å². The van der Waals surface area contributed by atoms with Gasteiger partial charge in [-0.2, -0.15) is 0 Å². The van der Waals surface area contributed by atoms with Gasteiger partial charge < -0.3 is 15.2 Å². The number of phenolic OH excluding ortho intramolecular Hbond substituents is 1. The zero-order chi connectivity index (χ0) is 18.6. The molecule has 25 heavy (non-hydrogen) atoms. The molecule has 2 rings (SSSR count). The van der Waals surface area contributed by atoms with E-state index in [0.717, 1.165) is 6.26 Å². The maximum Gasteiger partial charge on any atom is 0.341 e. The summed E-state index contributed by atoms with van der Waals surface area (Å²) in [6, 6.07) is 9.81. The summed E-state index contributed by atoms with van der Waals surface area (Å²) in [5, 5.41) is 12.4. The third-order valence-corrected chi connectivity index (χ3v) is 3.72. The largest absolute Gasteiger partial charge is 0.507 e. The van der Waals surface area contributed by atoms with Crippen molar-refractivity contribution >= 4 is 33.3 Å². The standard InChI is InChI=1S/C16H16N2O6S/c1-24-16(21)13-8-7-12(9-14(13)19)17-15(20)10-3-5-11(6-4-10)18-25(2,22)23/h3-9,18-19H,1-2H3,(H,17,20). The zero-order valence-electron chi connectivity index (χ0n) is 13.4. The third kappa shape index (κ3) is 4.95. The molecule has 2 aromatic carbocycles. The van der Waals surface area contributed by atoms with Crippen molar-refractivity contribution in [1.29, 1.82) is 0 Å². The lowest BCUT2D eigenvalue weighted by Gasteiger charge is -2.09. The van der Waals surface area contributed by atoms with Gasteiger partial charge in [0, 0.05) is 23.0 Å². The van der Waals surface area contributed by atoms with Crippen LogP contribution in [0.4, 0.5) is 11.4 Å². The summed E-state index contributed by atoms with van der Waals surface area (Å²) in [7, 11) is -2.20. The Morgan fingerprint density at radius 1 is 1.04 bits per heavy atom. The molecule has 0 saturated heterocycles. The van der Waals surface area contributed by atoms with Gasteiger partial charge in [-0.05, 0) is 36.4 Å². The van der Waals surface area contributed by atoms with E-state index in [2.05, 4.69) is 14.8 Å². The van der Waals surface area contributed by atoms with Gasteiger partial charge in [-0.15, -0.1) is 0 Å². The second kappa shape index (κ2) is 7.22. The molecule has 0 fully saturated rings. The minimum absolute atomic E-state index is 0.0169. The molecule has 9 heteroatoms. The highest BCUT2D eigenvalue weighted by Crippen LogP contribution is 2.23. The first-order valence-corrected chi connectivity index (χ1v) is 8.89. The van der Waals surface area contributed by atoms with E-state index in [4.69, 9.17) is 0 Å². The molecule has 2 aromatic rings. The maximum absolute atomic E-state index is 12.2. The smallest absolute Gasteiger partial charge is 0.341 e. The monoisotopic (exact) mass is 364 g/mol. The number of nitrogens with one attached hydrogen (secondary N) is 2. The summed E-state index contributed by atoms with van der Waals surface area (Å²) >= 11 is 0. The van der Waals surface area contributed by atoms with Crippen molar-refractivity contribution < 1.29 is 27.9 Å². The molecular formula is C16H16N2O6S. The number of carbonyl (C=O) groups is 2. The summed E-state index contributed by atoms with van der Waals surface area (Å²) in [4.78, 5) is 23.6. The predicted octanol–water partition coefficient (Wildman–Crippen LogP) is 1.80. The Labute approximate surface area is 144 Å². The fourth-order valence-electron chi connectivity index (χ4n) is 2.00. The number of phenols is 1. The molecule has 0 aromatic heterocycles. The molecule has 0 aliphatic rings. The number of hydrogen-bond donors (Lipinski definition) is 3. The zero-order valence-corrected chi connectivity index (χ0v) is 14.3. The van der Waals surface area contributed by atoms with Crippen LogP contribution in [0, 0.1) is 0 Å². The average molecular weight is 364 g/mol. The van der Waals surface area contributed by atoms with E-state index >= 15 is 0 Å². The van der Waals surface area contributed by atoms with E-state index in [1.165, 1.54) is 49.6 Å². The molecule has 0 saturated carbocycles. The number of amides is 1. The van der Waals surface area contributed by atoms with Crippen molar-refractivity contribution in [2.24, 2.45) is 0 Å². The minimum atomic E-state index is -3.39. The molecule has 0 bridgehead atoms. The van der Waals surface area contributed by atoms with Crippen molar-refractivity contribution in [3.63, 3.8) is 0 Å². The highest BCUT2D eigenvalue weighted by atomic mass is 32.2. The summed E-state index contributed by atoms with van der Waals surface area (Å²) in [5.41, 5.74) is 0.889. The molecule has 0 radical (unpaired) electrons. The Balaban J connectivity index is 2.12. The number of ether oxygens (including phenoxy) is 1. The van der Waals surface area contributed by atoms with Gasteiger partial charge >= 0.3 is 5.97 Å². The Kier molecular flexibility index (Phi) is 5.28. The van der Waals surface area contributed by atoms with Crippen LogP contribution >= 0.6 is 0 Å². The van der Waals surface area contributed by atoms with E-state index in [1.807, 2.05) is 0 Å². The first-order chi connectivity index (χ1) is 11.7. The number of anilines is 2. The van der Waals surface area contributed by atoms with E-state index in [-0.39, 0.29) is 22.6 Å². The Morgan fingerprint density at radius 3 is 2.16 bits per heavy atom. The predicted molar refractivity (Wildman–Crippen MR) is 92.3 cm³/mol. The van der Waals surface area contributed by atoms with Crippen molar-refractivity contribution in [1.82, 2.24) is 0 Å². The van der Waals surface area contributed by atoms with Crippen molar-refractivity contribution in [3.8, 4) is 5.75 Å². The normalized spacial score (nSPS) is 10.8. The molecule has 0 atom stereocenters. The summed E-state index contributed by atoms with van der Waals surface area (Å²) in [6.45, 7) is 0. The van der Waals surface area contributed by atoms with Crippen LogP contribution < -0.4 is 10.0 Å². The number of esters is 1. The molecule has 132 valence electrons. The third-order valence-electron chi connectivity index (χ3n) is 3.11. The number of hydrogen-bond acceptors (Lipinski definition) is 6. The number of aromatic hydroxyl groups is 1. The first kappa shape index (κ1) is 18.3. The van der Waals surface area contributed by atoms with E-state index in [0.29, 0.717) is 5.69 Å². The van der Waals surface area contributed by atoms with Gasteiger partial charge in [0.05, 0.1) is 13.4 Å². The number of methoxy groups -OCH3 is 1. The molecule has 0 aliphatic carbocycles. The molecular weight excluding hydrogens is 348 g/mol. The number of benzene rings is 2. The van der Waals surface area contributed by atoms with Crippen LogP contribution in [0.25, 0.3) is 0 Å². The van der Waals surface area contributed by atoms with Crippen molar-refractivity contribution in [2.45, 2.75) is 0 Å². The van der Waals surface area contributed by atoms with Crippen LogP contribution in [0.15, 0.2) is 42.5 Å². The lowest BCUT2D eigenvalue weighted by atomic mass is 10.1. The number of carbonyl (C=O) groups excluding carboxylic acids is 2. The molecule has 8 nitrogen and oxygen atoms in total. The Morgan fingerprint density at radius 2 is 1.64 bits per heavy atom. The molecule has 1 amide bonds. The lowest BCUT2D eigenvalue weighted by Crippen LogP contribution is -2.13. The fourth-order valence-corrected chi connectivity index (χ4v) is 2.56. The Hall–Kier alpha value is -3.07. The van der Waals surface area contributed by atoms with Crippen LogP contribution in [-0.2, 0) is 14.8 Å². The number of sulfonamides is 1. The summed E-state index contributed by atoms with van der Waals surface area (Å²) in [5.74, 6) is -1.47. The van der Waals surface area contributed by atoms with Crippen LogP contribution in [0.5, 0.6) is 5.75 Å². The van der Waals surface area contributed by atoms with E-state index < -0.39 is 21.9 Å². The fraction of sp³-hybridized carbons (Fsp3) is 0.125. The van der Waals surface area contributed by atoms with Gasteiger partial charge in [0.1, 0.15) is 11.3 Å². The quantitative estimate of drug-likeness (QED) is 0.696. The van der Waals surface area contributed by atoms with Crippen LogP contribution in [0.1, 0.15) is 20.7 Å². The van der Waals surface area contributed by atoms with Crippen LogP contribution in [0.2, 0.25) is 0 Å². The maximum atomic E-state index is 12.2. The first-order valence-electron chi connectivity index (χ1n) is 7.00. The summed E-state index contributed by atoms with van der Waals surface area (Å²) in [6.07, 6.45) is 1.03. The Bertz CT molecular complexity index is 907. The van der Waals surface area contributed by atoms with Gasteiger partial charge in [0.25, 0.3) is 5.91 Å². The van der Waals surface area contributed by atoms with Gasteiger partial charge in [0.15, 0.2) is 0 Å². The van der Waals surface area contributed by atoms with Crippen LogP contribution in [0.3, 0.4) is 0 Å². The molecule has 0 unspecified atom stereocenters. The van der Waals surface area contributed by atoms with Gasteiger partial charge in [0.2, 0.25) is 10.0 Å². The number of rotatable bonds is 5. The average Bonchev–Trinajstić information content (AvgIpc) is 2.53. The molecule has 3 N–H and O–H groups in total. The van der Waals surface area contributed by atoms with E-state index in [1.54, 1.807) is 0 Å². The van der Waals surface area contributed by atoms with Crippen molar-refractivity contribution in [3.05, 3.63) is 53.6 Å². The molecule has 0 aliphatic heterocycles. The highest BCUT2D eigenvalue weighted by Gasteiger charge is 2.13.